The second-order valence-electron chi connectivity index (χ2n) is 9.25. The fourth-order valence-electron chi connectivity index (χ4n) is 5.07. The molecule has 3 atom stereocenters. The lowest BCUT2D eigenvalue weighted by atomic mass is 9.87. The Hall–Kier alpha value is -2.32. The van der Waals surface area contributed by atoms with Gasteiger partial charge in [-0.25, -0.2) is 4.79 Å². The monoisotopic (exact) mass is 392 g/mol. The van der Waals surface area contributed by atoms with E-state index in [-0.39, 0.29) is 17.0 Å². The Balaban J connectivity index is 1.52. The predicted octanol–water partition coefficient (Wildman–Crippen LogP) is 4.79. The molecule has 2 heterocycles. The molecule has 0 unspecified atom stereocenters. The van der Waals surface area contributed by atoms with Crippen molar-refractivity contribution >= 4 is 16.9 Å². The van der Waals surface area contributed by atoms with Crippen molar-refractivity contribution in [3.8, 4) is 6.07 Å². The lowest BCUT2D eigenvalue weighted by Gasteiger charge is -2.30. The molecule has 2 aromatic rings. The summed E-state index contributed by atoms with van der Waals surface area (Å²) in [6.07, 6.45) is 5.40. The Kier molecular flexibility index (Phi) is 4.25. The largest absolute Gasteiger partial charge is 0.461 e. The van der Waals surface area contributed by atoms with E-state index in [1.165, 1.54) is 18.4 Å². The Morgan fingerprint density at radius 1 is 1.34 bits per heavy atom. The van der Waals surface area contributed by atoms with Gasteiger partial charge in [0.15, 0.2) is 0 Å². The number of nitrogens with zero attached hydrogens (tertiary/aromatic N) is 2. The summed E-state index contributed by atoms with van der Waals surface area (Å²) in [5.41, 5.74) is 2.66. The smallest absolute Gasteiger partial charge is 0.354 e. The number of carbonyl (C=O) groups is 1. The minimum absolute atomic E-state index is 0.140. The lowest BCUT2D eigenvalue weighted by molar-refractivity contribution is -0.0132. The van der Waals surface area contributed by atoms with E-state index in [1.54, 1.807) is 0 Å². The molecule has 1 saturated heterocycles. The van der Waals surface area contributed by atoms with Crippen molar-refractivity contribution in [1.82, 2.24) is 4.57 Å². The van der Waals surface area contributed by atoms with Crippen LogP contribution in [0.1, 0.15) is 67.9 Å². The van der Waals surface area contributed by atoms with Gasteiger partial charge in [-0.3, -0.25) is 0 Å². The van der Waals surface area contributed by atoms with E-state index in [1.807, 2.05) is 17.6 Å². The number of aromatic nitrogens is 1. The molecule has 2 aliphatic carbocycles. The van der Waals surface area contributed by atoms with E-state index in [0.29, 0.717) is 30.7 Å². The van der Waals surface area contributed by atoms with E-state index in [4.69, 9.17) is 9.47 Å². The molecule has 29 heavy (non-hydrogen) atoms. The molecule has 1 aromatic carbocycles. The molecule has 5 nitrogen and oxygen atoms in total. The lowest BCUT2D eigenvalue weighted by Crippen LogP contribution is -2.25. The number of fused-ring (bicyclic) bond motifs is 1. The second-order valence-corrected chi connectivity index (χ2v) is 9.25. The molecule has 1 spiro atoms. The highest BCUT2D eigenvalue weighted by molar-refractivity contribution is 5.96. The van der Waals surface area contributed by atoms with Gasteiger partial charge in [-0.2, -0.15) is 5.26 Å². The molecule has 1 aliphatic heterocycles. The highest BCUT2D eigenvalue weighted by Gasteiger charge is 2.52. The summed E-state index contributed by atoms with van der Waals surface area (Å²) in [6.45, 7) is 5.65. The SMILES string of the molecule is CCOC(=O)c1cc2cc([C@@H]3CCOC4(CC4)C3)ccc2n1C[C@]1(C#N)C[C@H]1C. The van der Waals surface area contributed by atoms with E-state index >= 15 is 0 Å². The number of ether oxygens (including phenoxy) is 2. The number of carbonyl (C=O) groups excluding carboxylic acids is 1. The minimum atomic E-state index is -0.370. The Morgan fingerprint density at radius 2 is 2.14 bits per heavy atom. The summed E-state index contributed by atoms with van der Waals surface area (Å²) in [5, 5.41) is 10.8. The zero-order valence-corrected chi connectivity index (χ0v) is 17.2. The second kappa shape index (κ2) is 6.60. The molecule has 0 bridgehead atoms. The van der Waals surface area contributed by atoms with Gasteiger partial charge >= 0.3 is 5.97 Å². The van der Waals surface area contributed by atoms with Gasteiger partial charge in [0.05, 0.1) is 23.7 Å². The highest BCUT2D eigenvalue weighted by Crippen LogP contribution is 2.54. The van der Waals surface area contributed by atoms with Crippen molar-refractivity contribution in [3.63, 3.8) is 0 Å². The van der Waals surface area contributed by atoms with Crippen LogP contribution in [0.25, 0.3) is 10.9 Å². The molecule has 2 saturated carbocycles. The van der Waals surface area contributed by atoms with Crippen molar-refractivity contribution in [2.75, 3.05) is 13.2 Å². The maximum Gasteiger partial charge on any atom is 0.354 e. The summed E-state index contributed by atoms with van der Waals surface area (Å²) in [5.74, 6) is 0.560. The standard InChI is InChI=1S/C24H28N2O3/c1-3-28-22(27)21-11-19-10-17(18-6-9-29-24(13-18)7-8-24)4-5-20(19)26(21)15-23(14-25)12-16(23)2/h4-5,10-11,16,18H,3,6-9,12-13,15H2,1-2H3/t16-,18-,23-/m1/s1. The summed E-state index contributed by atoms with van der Waals surface area (Å²) < 4.78 is 13.3. The predicted molar refractivity (Wildman–Crippen MR) is 110 cm³/mol. The highest BCUT2D eigenvalue weighted by atomic mass is 16.5. The average Bonchev–Trinajstić information content (AvgIpc) is 3.58. The first kappa shape index (κ1) is 18.7. The van der Waals surface area contributed by atoms with Crippen LogP contribution in [0.3, 0.4) is 0 Å². The van der Waals surface area contributed by atoms with Crippen LogP contribution >= 0.6 is 0 Å². The number of rotatable bonds is 5. The number of nitriles is 1. The van der Waals surface area contributed by atoms with Gasteiger partial charge in [-0.15, -0.1) is 0 Å². The molecule has 1 aromatic heterocycles. The Bertz CT molecular complexity index is 1010. The van der Waals surface area contributed by atoms with Crippen LogP contribution in [0.2, 0.25) is 0 Å². The number of hydrogen-bond acceptors (Lipinski definition) is 4. The van der Waals surface area contributed by atoms with Gasteiger partial charge in [0.25, 0.3) is 0 Å². The molecular weight excluding hydrogens is 364 g/mol. The third-order valence-corrected chi connectivity index (χ3v) is 7.30. The zero-order valence-electron chi connectivity index (χ0n) is 17.2. The zero-order chi connectivity index (χ0) is 20.2. The molecule has 0 amide bonds. The summed E-state index contributed by atoms with van der Waals surface area (Å²) in [4.78, 5) is 12.6. The van der Waals surface area contributed by atoms with Crippen LogP contribution in [0, 0.1) is 22.7 Å². The molecule has 0 N–H and O–H groups in total. The van der Waals surface area contributed by atoms with Crippen molar-refractivity contribution in [3.05, 3.63) is 35.5 Å². The fourth-order valence-corrected chi connectivity index (χ4v) is 5.07. The summed E-state index contributed by atoms with van der Waals surface area (Å²) in [7, 11) is 0. The molecule has 3 fully saturated rings. The van der Waals surface area contributed by atoms with Gasteiger partial charge in [0.1, 0.15) is 5.69 Å². The molecule has 152 valence electrons. The van der Waals surface area contributed by atoms with Gasteiger partial charge in [-0.1, -0.05) is 13.0 Å². The molecule has 0 radical (unpaired) electrons. The Labute approximate surface area is 171 Å². The van der Waals surface area contributed by atoms with Crippen LogP contribution in [-0.4, -0.2) is 29.4 Å². The topological polar surface area (TPSA) is 64.2 Å². The van der Waals surface area contributed by atoms with E-state index in [0.717, 1.165) is 36.8 Å². The molecule has 5 heteroatoms. The molecular formula is C24H28N2O3. The minimum Gasteiger partial charge on any atom is -0.461 e. The Morgan fingerprint density at radius 3 is 2.79 bits per heavy atom. The van der Waals surface area contributed by atoms with E-state index in [9.17, 15) is 10.1 Å². The van der Waals surface area contributed by atoms with Crippen LogP contribution in [-0.2, 0) is 16.0 Å². The van der Waals surface area contributed by atoms with Crippen molar-refractivity contribution in [2.24, 2.45) is 11.3 Å². The maximum atomic E-state index is 12.6. The molecule has 3 aliphatic rings. The van der Waals surface area contributed by atoms with Crippen molar-refractivity contribution in [1.29, 1.82) is 5.26 Å². The summed E-state index contributed by atoms with van der Waals surface area (Å²) >= 11 is 0. The third-order valence-electron chi connectivity index (χ3n) is 7.30. The third kappa shape index (κ3) is 3.14. The fraction of sp³-hybridized carbons (Fsp3) is 0.583. The molecule has 5 rings (SSSR count). The normalized spacial score (nSPS) is 29.6. The van der Waals surface area contributed by atoms with Crippen molar-refractivity contribution in [2.45, 2.75) is 64.0 Å². The van der Waals surface area contributed by atoms with Crippen LogP contribution in [0.15, 0.2) is 24.3 Å². The van der Waals surface area contributed by atoms with Crippen LogP contribution in [0.4, 0.5) is 0 Å². The van der Waals surface area contributed by atoms with E-state index < -0.39 is 0 Å². The number of esters is 1. The number of benzene rings is 1. The first-order valence-electron chi connectivity index (χ1n) is 10.8. The average molecular weight is 392 g/mol. The van der Waals surface area contributed by atoms with Gasteiger partial charge in [0, 0.05) is 24.1 Å². The first-order valence-corrected chi connectivity index (χ1v) is 10.8. The van der Waals surface area contributed by atoms with Gasteiger partial charge in [-0.05, 0) is 74.6 Å². The number of hydrogen-bond donors (Lipinski definition) is 0. The quantitative estimate of drug-likeness (QED) is 0.686. The maximum absolute atomic E-state index is 12.6. The van der Waals surface area contributed by atoms with Gasteiger partial charge in [0.2, 0.25) is 0 Å². The van der Waals surface area contributed by atoms with Crippen LogP contribution < -0.4 is 0 Å². The summed E-state index contributed by atoms with van der Waals surface area (Å²) in [6, 6.07) is 11.0. The van der Waals surface area contributed by atoms with Crippen LogP contribution in [0.5, 0.6) is 0 Å². The van der Waals surface area contributed by atoms with Crippen molar-refractivity contribution < 1.29 is 14.3 Å². The first-order chi connectivity index (χ1) is 14.0. The van der Waals surface area contributed by atoms with Gasteiger partial charge < -0.3 is 14.0 Å². The van der Waals surface area contributed by atoms with E-state index in [2.05, 4.69) is 31.2 Å².